The van der Waals surface area contributed by atoms with E-state index in [2.05, 4.69) is 20.5 Å². The van der Waals surface area contributed by atoms with Crippen LogP contribution in [-0.4, -0.2) is 55.1 Å². The Morgan fingerprint density at radius 1 is 1.48 bits per heavy atom. The number of piperazine rings is 1. The first-order valence-corrected chi connectivity index (χ1v) is 8.78. The molecule has 1 fully saturated rings. The molecule has 0 saturated carbocycles. The SMILES string of the molecule is Cc1sc(-c2ccco2)nc1C(=O)NCCCN1CCNCC1. The van der Waals surface area contributed by atoms with Gasteiger partial charge in [-0.3, -0.25) is 4.79 Å². The lowest BCUT2D eigenvalue weighted by atomic mass is 10.3. The van der Waals surface area contributed by atoms with E-state index in [0.717, 1.165) is 49.0 Å². The molecule has 3 rings (SSSR count). The molecule has 2 N–H and O–H groups in total. The molecule has 6 nitrogen and oxygen atoms in total. The summed E-state index contributed by atoms with van der Waals surface area (Å²) in [5, 5.41) is 7.06. The van der Waals surface area contributed by atoms with E-state index in [9.17, 15) is 4.79 Å². The molecular formula is C16H22N4O2S. The van der Waals surface area contributed by atoms with Gasteiger partial charge < -0.3 is 20.0 Å². The maximum Gasteiger partial charge on any atom is 0.271 e. The summed E-state index contributed by atoms with van der Waals surface area (Å²) in [6.07, 6.45) is 2.57. The van der Waals surface area contributed by atoms with Gasteiger partial charge in [0.15, 0.2) is 10.8 Å². The summed E-state index contributed by atoms with van der Waals surface area (Å²) in [5.74, 6) is 0.604. The van der Waals surface area contributed by atoms with E-state index >= 15 is 0 Å². The molecule has 0 unspecified atom stereocenters. The summed E-state index contributed by atoms with van der Waals surface area (Å²) in [4.78, 5) is 20.0. The molecule has 124 valence electrons. The van der Waals surface area contributed by atoms with E-state index in [-0.39, 0.29) is 5.91 Å². The van der Waals surface area contributed by atoms with E-state index in [0.29, 0.717) is 18.0 Å². The number of thiazole rings is 1. The molecule has 0 aromatic carbocycles. The fraction of sp³-hybridized carbons (Fsp3) is 0.500. The third-order valence-electron chi connectivity index (χ3n) is 3.89. The summed E-state index contributed by atoms with van der Waals surface area (Å²) in [7, 11) is 0. The predicted molar refractivity (Wildman–Crippen MR) is 90.8 cm³/mol. The molecule has 0 aliphatic carbocycles. The summed E-state index contributed by atoms with van der Waals surface area (Å²) in [6, 6.07) is 3.68. The van der Waals surface area contributed by atoms with Gasteiger partial charge in [-0.2, -0.15) is 0 Å². The Morgan fingerprint density at radius 2 is 2.30 bits per heavy atom. The zero-order valence-electron chi connectivity index (χ0n) is 13.3. The number of furan rings is 1. The van der Waals surface area contributed by atoms with Crippen LogP contribution in [-0.2, 0) is 0 Å². The van der Waals surface area contributed by atoms with Crippen molar-refractivity contribution >= 4 is 17.2 Å². The van der Waals surface area contributed by atoms with Crippen molar-refractivity contribution in [2.24, 2.45) is 0 Å². The molecule has 1 amide bonds. The molecular weight excluding hydrogens is 312 g/mol. The Labute approximate surface area is 139 Å². The van der Waals surface area contributed by atoms with Gasteiger partial charge in [0.2, 0.25) is 0 Å². The molecule has 1 aliphatic rings. The van der Waals surface area contributed by atoms with E-state index in [1.54, 1.807) is 6.26 Å². The Morgan fingerprint density at radius 3 is 3.04 bits per heavy atom. The summed E-state index contributed by atoms with van der Waals surface area (Å²) < 4.78 is 5.34. The van der Waals surface area contributed by atoms with Gasteiger partial charge in [0.25, 0.3) is 5.91 Å². The molecule has 0 atom stereocenters. The first-order valence-electron chi connectivity index (χ1n) is 7.96. The number of carbonyl (C=O) groups excluding carboxylic acids is 1. The van der Waals surface area contributed by atoms with Crippen LogP contribution in [0.1, 0.15) is 21.8 Å². The number of amides is 1. The smallest absolute Gasteiger partial charge is 0.271 e. The van der Waals surface area contributed by atoms with Crippen molar-refractivity contribution in [3.8, 4) is 10.8 Å². The number of aromatic nitrogens is 1. The lowest BCUT2D eigenvalue weighted by Gasteiger charge is -2.27. The second-order valence-corrected chi connectivity index (χ2v) is 6.81. The number of hydrogen-bond donors (Lipinski definition) is 2. The van der Waals surface area contributed by atoms with Crippen molar-refractivity contribution in [3.63, 3.8) is 0 Å². The van der Waals surface area contributed by atoms with Crippen LogP contribution in [0.25, 0.3) is 10.8 Å². The van der Waals surface area contributed by atoms with Crippen LogP contribution in [0, 0.1) is 6.92 Å². The number of hydrogen-bond acceptors (Lipinski definition) is 6. The number of aryl methyl sites for hydroxylation is 1. The van der Waals surface area contributed by atoms with Gasteiger partial charge in [-0.25, -0.2) is 4.98 Å². The van der Waals surface area contributed by atoms with Gasteiger partial charge in [-0.05, 0) is 32.0 Å². The lowest BCUT2D eigenvalue weighted by Crippen LogP contribution is -2.44. The van der Waals surface area contributed by atoms with Crippen molar-refractivity contribution in [2.45, 2.75) is 13.3 Å². The van der Waals surface area contributed by atoms with Gasteiger partial charge in [0, 0.05) is 37.6 Å². The van der Waals surface area contributed by atoms with Gasteiger partial charge in [0.05, 0.1) is 6.26 Å². The van der Waals surface area contributed by atoms with Crippen LogP contribution in [0.4, 0.5) is 0 Å². The van der Waals surface area contributed by atoms with Crippen LogP contribution in [0.15, 0.2) is 22.8 Å². The van der Waals surface area contributed by atoms with Crippen molar-refractivity contribution in [3.05, 3.63) is 29.0 Å². The number of carbonyl (C=O) groups is 1. The number of nitrogens with one attached hydrogen (secondary N) is 2. The van der Waals surface area contributed by atoms with Crippen molar-refractivity contribution < 1.29 is 9.21 Å². The van der Waals surface area contributed by atoms with Gasteiger partial charge in [-0.1, -0.05) is 0 Å². The maximum absolute atomic E-state index is 12.3. The number of rotatable bonds is 6. The van der Waals surface area contributed by atoms with E-state index in [1.165, 1.54) is 11.3 Å². The standard InChI is InChI=1S/C16H22N4O2S/c1-12-14(19-16(23-12)13-4-2-11-22-13)15(21)18-5-3-8-20-9-6-17-7-10-20/h2,4,11,17H,3,5-10H2,1H3,(H,18,21). The first kappa shape index (κ1) is 16.2. The van der Waals surface area contributed by atoms with Crippen LogP contribution >= 0.6 is 11.3 Å². The highest BCUT2D eigenvalue weighted by atomic mass is 32.1. The zero-order chi connectivity index (χ0) is 16.1. The highest BCUT2D eigenvalue weighted by Crippen LogP contribution is 2.27. The maximum atomic E-state index is 12.3. The monoisotopic (exact) mass is 334 g/mol. The second-order valence-electron chi connectivity index (χ2n) is 5.60. The van der Waals surface area contributed by atoms with Crippen LogP contribution in [0.3, 0.4) is 0 Å². The van der Waals surface area contributed by atoms with E-state index in [4.69, 9.17) is 4.42 Å². The third kappa shape index (κ3) is 4.19. The Hall–Kier alpha value is -1.70. The topological polar surface area (TPSA) is 70.4 Å². The number of nitrogens with zero attached hydrogens (tertiary/aromatic N) is 2. The largest absolute Gasteiger partial charge is 0.462 e. The molecule has 1 saturated heterocycles. The summed E-state index contributed by atoms with van der Waals surface area (Å²) >= 11 is 1.48. The molecule has 7 heteroatoms. The van der Waals surface area contributed by atoms with Crippen molar-refractivity contribution in [1.29, 1.82) is 0 Å². The Kier molecular flexibility index (Phi) is 5.43. The molecule has 2 aromatic rings. The third-order valence-corrected chi connectivity index (χ3v) is 4.88. The average Bonchev–Trinajstić information content (AvgIpc) is 3.21. The Bertz CT molecular complexity index is 633. The minimum absolute atomic E-state index is 0.100. The van der Waals surface area contributed by atoms with Crippen LogP contribution in [0.5, 0.6) is 0 Å². The molecule has 1 aliphatic heterocycles. The normalized spacial score (nSPS) is 15.7. The average molecular weight is 334 g/mol. The van der Waals surface area contributed by atoms with E-state index < -0.39 is 0 Å². The van der Waals surface area contributed by atoms with Gasteiger partial charge in [-0.15, -0.1) is 11.3 Å². The van der Waals surface area contributed by atoms with Crippen LogP contribution in [0.2, 0.25) is 0 Å². The lowest BCUT2D eigenvalue weighted by molar-refractivity contribution is 0.0946. The predicted octanol–water partition coefficient (Wildman–Crippen LogP) is 1.74. The molecule has 2 aromatic heterocycles. The van der Waals surface area contributed by atoms with Crippen molar-refractivity contribution in [2.75, 3.05) is 39.3 Å². The minimum Gasteiger partial charge on any atom is -0.462 e. The van der Waals surface area contributed by atoms with Crippen LogP contribution < -0.4 is 10.6 Å². The molecule has 0 spiro atoms. The quantitative estimate of drug-likeness (QED) is 0.788. The fourth-order valence-corrected chi connectivity index (χ4v) is 3.51. The second kappa shape index (κ2) is 7.72. The molecule has 3 heterocycles. The Balaban J connectivity index is 1.48. The van der Waals surface area contributed by atoms with Gasteiger partial charge in [0.1, 0.15) is 5.69 Å². The molecule has 23 heavy (non-hydrogen) atoms. The highest BCUT2D eigenvalue weighted by molar-refractivity contribution is 7.15. The zero-order valence-corrected chi connectivity index (χ0v) is 14.1. The molecule has 0 bridgehead atoms. The summed E-state index contributed by atoms with van der Waals surface area (Å²) in [6.45, 7) is 7.91. The fourth-order valence-electron chi connectivity index (χ4n) is 2.64. The summed E-state index contributed by atoms with van der Waals surface area (Å²) in [5.41, 5.74) is 0.503. The first-order chi connectivity index (χ1) is 11.2. The molecule has 0 radical (unpaired) electrons. The van der Waals surface area contributed by atoms with E-state index in [1.807, 2.05) is 19.1 Å². The van der Waals surface area contributed by atoms with Gasteiger partial charge >= 0.3 is 0 Å². The minimum atomic E-state index is -0.100. The highest BCUT2D eigenvalue weighted by Gasteiger charge is 2.17. The van der Waals surface area contributed by atoms with Crippen molar-refractivity contribution in [1.82, 2.24) is 20.5 Å².